The van der Waals surface area contributed by atoms with Gasteiger partial charge in [-0.15, -0.1) is 0 Å². The van der Waals surface area contributed by atoms with Gasteiger partial charge in [-0.25, -0.2) is 4.79 Å². The lowest BCUT2D eigenvalue weighted by atomic mass is 9.72. The average molecular weight is 389 g/mol. The number of ether oxygens (including phenoxy) is 2. The van der Waals surface area contributed by atoms with Crippen LogP contribution in [0.4, 0.5) is 0 Å². The molecule has 1 aromatic heterocycles. The van der Waals surface area contributed by atoms with Gasteiger partial charge in [0.05, 0.1) is 18.4 Å². The van der Waals surface area contributed by atoms with E-state index in [0.717, 1.165) is 17.0 Å². The average Bonchev–Trinajstić information content (AvgIpc) is 2.73. The molecule has 0 radical (unpaired) electrons. The molecule has 0 aliphatic carbocycles. The first kappa shape index (κ1) is 20.6. The largest absolute Gasteiger partial charge is 0.487 e. The molecular weight excluding hydrogens is 362 g/mol. The minimum atomic E-state index is -0.321. The van der Waals surface area contributed by atoms with Gasteiger partial charge in [-0.2, -0.15) is 0 Å². The molecular formula is C25H27NO3. The van der Waals surface area contributed by atoms with E-state index in [9.17, 15) is 4.79 Å². The highest BCUT2D eigenvalue weighted by atomic mass is 16.5. The third-order valence-corrected chi connectivity index (χ3v) is 4.86. The van der Waals surface area contributed by atoms with Crippen molar-refractivity contribution in [3.8, 4) is 5.75 Å². The first-order chi connectivity index (χ1) is 13.9. The van der Waals surface area contributed by atoms with E-state index >= 15 is 0 Å². The van der Waals surface area contributed by atoms with Crippen LogP contribution in [0.3, 0.4) is 0 Å². The molecule has 0 N–H and O–H groups in total. The fourth-order valence-electron chi connectivity index (χ4n) is 3.52. The van der Waals surface area contributed by atoms with Crippen molar-refractivity contribution in [3.63, 3.8) is 0 Å². The van der Waals surface area contributed by atoms with E-state index in [2.05, 4.69) is 37.9 Å². The number of carbonyl (C=O) groups excluding carboxylic acids is 1. The molecule has 1 unspecified atom stereocenters. The fourth-order valence-corrected chi connectivity index (χ4v) is 3.52. The summed E-state index contributed by atoms with van der Waals surface area (Å²) in [6.07, 6.45) is 1.77. The molecule has 0 aliphatic heterocycles. The third-order valence-electron chi connectivity index (χ3n) is 4.86. The minimum Gasteiger partial charge on any atom is -0.487 e. The van der Waals surface area contributed by atoms with Crippen molar-refractivity contribution in [2.75, 3.05) is 7.11 Å². The number of nitrogens with zero attached hydrogens (tertiary/aromatic N) is 1. The van der Waals surface area contributed by atoms with Crippen LogP contribution in [0.25, 0.3) is 0 Å². The molecule has 2 aromatic carbocycles. The van der Waals surface area contributed by atoms with E-state index in [4.69, 9.17) is 9.47 Å². The molecule has 4 heteroatoms. The highest BCUT2D eigenvalue weighted by Gasteiger charge is 2.28. The number of hydrogen-bond acceptors (Lipinski definition) is 4. The topological polar surface area (TPSA) is 48.4 Å². The van der Waals surface area contributed by atoms with Gasteiger partial charge in [-0.1, -0.05) is 51.1 Å². The summed E-state index contributed by atoms with van der Waals surface area (Å²) in [5.41, 5.74) is 3.82. The second-order valence-corrected chi connectivity index (χ2v) is 8.09. The lowest BCUT2D eigenvalue weighted by Gasteiger charge is -2.32. The Labute approximate surface area is 172 Å². The number of esters is 1. The Morgan fingerprint density at radius 2 is 1.55 bits per heavy atom. The summed E-state index contributed by atoms with van der Waals surface area (Å²) >= 11 is 0. The molecule has 0 saturated heterocycles. The van der Waals surface area contributed by atoms with Crippen molar-refractivity contribution in [1.82, 2.24) is 4.98 Å². The van der Waals surface area contributed by atoms with Crippen LogP contribution in [0.15, 0.2) is 72.9 Å². The summed E-state index contributed by atoms with van der Waals surface area (Å²) in [5.74, 6) is 0.672. The first-order valence-corrected chi connectivity index (χ1v) is 9.69. The molecule has 0 aliphatic rings. The van der Waals surface area contributed by atoms with Crippen molar-refractivity contribution in [2.45, 2.75) is 33.3 Å². The van der Waals surface area contributed by atoms with Gasteiger partial charge in [-0.3, -0.25) is 4.98 Å². The smallest absolute Gasteiger partial charge is 0.337 e. The molecule has 0 spiro atoms. The zero-order chi connectivity index (χ0) is 20.9. The first-order valence-electron chi connectivity index (χ1n) is 9.69. The molecule has 3 aromatic rings. The van der Waals surface area contributed by atoms with Gasteiger partial charge in [0.15, 0.2) is 0 Å². The molecule has 0 amide bonds. The number of hydrogen-bond donors (Lipinski definition) is 0. The highest BCUT2D eigenvalue weighted by Crippen LogP contribution is 2.41. The molecule has 0 fully saturated rings. The number of benzene rings is 2. The van der Waals surface area contributed by atoms with Gasteiger partial charge in [0, 0.05) is 12.1 Å². The van der Waals surface area contributed by atoms with Crippen molar-refractivity contribution >= 4 is 5.97 Å². The maximum Gasteiger partial charge on any atom is 0.337 e. The quantitative estimate of drug-likeness (QED) is 0.513. The van der Waals surface area contributed by atoms with Gasteiger partial charge in [0.1, 0.15) is 12.4 Å². The van der Waals surface area contributed by atoms with Crippen LogP contribution in [-0.4, -0.2) is 18.1 Å². The minimum absolute atomic E-state index is 0.00309. The second kappa shape index (κ2) is 8.91. The Morgan fingerprint density at radius 3 is 2.07 bits per heavy atom. The maximum atomic E-state index is 11.7. The van der Waals surface area contributed by atoms with E-state index in [-0.39, 0.29) is 17.3 Å². The lowest BCUT2D eigenvalue weighted by molar-refractivity contribution is 0.0600. The molecule has 29 heavy (non-hydrogen) atoms. The second-order valence-electron chi connectivity index (χ2n) is 8.09. The van der Waals surface area contributed by atoms with Crippen LogP contribution in [0.1, 0.15) is 53.9 Å². The van der Waals surface area contributed by atoms with E-state index < -0.39 is 0 Å². The molecule has 1 heterocycles. The molecule has 150 valence electrons. The summed E-state index contributed by atoms with van der Waals surface area (Å²) in [5, 5.41) is 0. The number of aromatic nitrogens is 1. The van der Waals surface area contributed by atoms with Crippen LogP contribution in [0, 0.1) is 5.41 Å². The van der Waals surface area contributed by atoms with Crippen molar-refractivity contribution in [2.24, 2.45) is 5.41 Å². The van der Waals surface area contributed by atoms with Gasteiger partial charge in [0.2, 0.25) is 0 Å². The monoisotopic (exact) mass is 389 g/mol. The number of pyridine rings is 1. The third kappa shape index (κ3) is 5.23. The molecule has 0 saturated carbocycles. The zero-order valence-electron chi connectivity index (χ0n) is 17.4. The predicted molar refractivity (Wildman–Crippen MR) is 114 cm³/mol. The maximum absolute atomic E-state index is 11.7. The van der Waals surface area contributed by atoms with Gasteiger partial charge >= 0.3 is 5.97 Å². The highest BCUT2D eigenvalue weighted by molar-refractivity contribution is 5.89. The Hall–Kier alpha value is -3.14. The fraction of sp³-hybridized carbons (Fsp3) is 0.280. The van der Waals surface area contributed by atoms with E-state index in [0.29, 0.717) is 12.2 Å². The number of carbonyl (C=O) groups is 1. The molecule has 0 bridgehead atoms. The standard InChI is InChI=1S/C25H27NO3/c1-25(2,3)23(18-8-10-20(11-9-18)24(27)28-4)19-12-14-22(15-13-19)29-17-21-7-5-6-16-26-21/h5-16,23H,17H2,1-4H3. The van der Waals surface area contributed by atoms with Crippen LogP contribution < -0.4 is 4.74 Å². The van der Waals surface area contributed by atoms with Gasteiger partial charge < -0.3 is 9.47 Å². The van der Waals surface area contributed by atoms with Crippen LogP contribution in [0.2, 0.25) is 0 Å². The Balaban J connectivity index is 1.79. The zero-order valence-corrected chi connectivity index (χ0v) is 17.4. The number of rotatable bonds is 6. The molecule has 4 nitrogen and oxygen atoms in total. The molecule has 3 rings (SSSR count). The predicted octanol–water partition coefficient (Wildman–Crippen LogP) is 5.63. The van der Waals surface area contributed by atoms with Crippen LogP contribution in [-0.2, 0) is 11.3 Å². The normalized spacial score (nSPS) is 12.3. The number of methoxy groups -OCH3 is 1. The van der Waals surface area contributed by atoms with Gasteiger partial charge in [0.25, 0.3) is 0 Å². The van der Waals surface area contributed by atoms with Crippen LogP contribution in [0.5, 0.6) is 5.75 Å². The van der Waals surface area contributed by atoms with E-state index in [1.165, 1.54) is 12.7 Å². The van der Waals surface area contributed by atoms with Crippen molar-refractivity contribution in [3.05, 3.63) is 95.3 Å². The Bertz CT molecular complexity index is 927. The van der Waals surface area contributed by atoms with Crippen molar-refractivity contribution < 1.29 is 14.3 Å². The Kier molecular flexibility index (Phi) is 6.32. The summed E-state index contributed by atoms with van der Waals surface area (Å²) in [6, 6.07) is 21.7. The summed E-state index contributed by atoms with van der Waals surface area (Å²) in [4.78, 5) is 16.0. The van der Waals surface area contributed by atoms with Crippen molar-refractivity contribution in [1.29, 1.82) is 0 Å². The van der Waals surface area contributed by atoms with E-state index in [1.807, 2.05) is 54.6 Å². The summed E-state index contributed by atoms with van der Waals surface area (Å²) in [6.45, 7) is 7.10. The van der Waals surface area contributed by atoms with Crippen LogP contribution >= 0.6 is 0 Å². The SMILES string of the molecule is COC(=O)c1ccc(C(c2ccc(OCc3ccccn3)cc2)C(C)(C)C)cc1. The summed E-state index contributed by atoms with van der Waals surface area (Å²) in [7, 11) is 1.39. The molecule has 1 atom stereocenters. The van der Waals surface area contributed by atoms with Gasteiger partial charge in [-0.05, 0) is 52.9 Å². The summed E-state index contributed by atoms with van der Waals surface area (Å²) < 4.78 is 10.7. The lowest BCUT2D eigenvalue weighted by Crippen LogP contribution is -2.20. The van der Waals surface area contributed by atoms with E-state index in [1.54, 1.807) is 6.20 Å². The Morgan fingerprint density at radius 1 is 0.931 bits per heavy atom.